The standard InChI is InChI=1S/C11H10F6N2O2/c12-10(13,14)6(9(18)19)5-20-7-3-1-2-4-8(7)21-11(15,16)17/h1-4,6H,5H2,(H3,18,19). The Hall–Kier alpha value is -2.13. The van der Waals surface area contributed by atoms with Crippen LogP contribution >= 0.6 is 0 Å². The van der Waals surface area contributed by atoms with Crippen molar-refractivity contribution in [1.29, 1.82) is 5.41 Å². The molecule has 0 fully saturated rings. The Kier molecular flexibility index (Phi) is 4.92. The smallest absolute Gasteiger partial charge is 0.489 e. The SMILES string of the molecule is N=C(N)C(COc1ccccc1OC(F)(F)F)C(F)(F)F. The van der Waals surface area contributed by atoms with Crippen molar-refractivity contribution in [2.45, 2.75) is 12.5 Å². The Morgan fingerprint density at radius 3 is 2.05 bits per heavy atom. The number of hydrogen-bond acceptors (Lipinski definition) is 3. The molecular weight excluding hydrogens is 306 g/mol. The molecule has 1 aromatic rings. The Morgan fingerprint density at radius 1 is 1.10 bits per heavy atom. The van der Waals surface area contributed by atoms with Crippen LogP contribution in [-0.2, 0) is 0 Å². The molecule has 0 amide bonds. The van der Waals surface area contributed by atoms with Gasteiger partial charge < -0.3 is 15.2 Å². The molecule has 0 radical (unpaired) electrons. The van der Waals surface area contributed by atoms with Crippen molar-refractivity contribution in [3.8, 4) is 11.5 Å². The number of benzene rings is 1. The van der Waals surface area contributed by atoms with E-state index in [1.165, 1.54) is 12.1 Å². The number of nitrogens with two attached hydrogens (primary N) is 1. The van der Waals surface area contributed by atoms with Gasteiger partial charge in [-0.25, -0.2) is 0 Å². The van der Waals surface area contributed by atoms with Gasteiger partial charge in [0.15, 0.2) is 11.5 Å². The third kappa shape index (κ3) is 5.40. The molecule has 21 heavy (non-hydrogen) atoms. The molecule has 0 bridgehead atoms. The highest BCUT2D eigenvalue weighted by atomic mass is 19.4. The van der Waals surface area contributed by atoms with E-state index in [1.54, 1.807) is 0 Å². The van der Waals surface area contributed by atoms with E-state index < -0.39 is 42.4 Å². The van der Waals surface area contributed by atoms with Crippen LogP contribution in [0.15, 0.2) is 24.3 Å². The molecule has 0 aliphatic heterocycles. The van der Waals surface area contributed by atoms with Crippen molar-refractivity contribution in [2.24, 2.45) is 11.7 Å². The van der Waals surface area contributed by atoms with Gasteiger partial charge in [0.05, 0.1) is 0 Å². The van der Waals surface area contributed by atoms with Crippen LogP contribution in [0.4, 0.5) is 26.3 Å². The van der Waals surface area contributed by atoms with E-state index in [9.17, 15) is 26.3 Å². The van der Waals surface area contributed by atoms with Gasteiger partial charge >= 0.3 is 12.5 Å². The van der Waals surface area contributed by atoms with E-state index >= 15 is 0 Å². The summed E-state index contributed by atoms with van der Waals surface area (Å²) in [4.78, 5) is 0. The lowest BCUT2D eigenvalue weighted by Crippen LogP contribution is -2.39. The normalized spacial score (nSPS) is 13.6. The van der Waals surface area contributed by atoms with Crippen LogP contribution in [0.25, 0.3) is 0 Å². The molecule has 1 atom stereocenters. The molecule has 0 spiro atoms. The van der Waals surface area contributed by atoms with Gasteiger partial charge in [0, 0.05) is 0 Å². The Labute approximate surface area is 115 Å². The summed E-state index contributed by atoms with van der Waals surface area (Å²) in [6, 6.07) is 4.35. The van der Waals surface area contributed by atoms with E-state index in [2.05, 4.69) is 9.47 Å². The second-order valence-electron chi connectivity index (χ2n) is 3.86. The predicted octanol–water partition coefficient (Wildman–Crippen LogP) is 3.08. The van der Waals surface area contributed by atoms with Crippen molar-refractivity contribution in [3.05, 3.63) is 24.3 Å². The zero-order chi connectivity index (χ0) is 16.3. The third-order valence-corrected chi connectivity index (χ3v) is 2.25. The largest absolute Gasteiger partial charge is 0.573 e. The second-order valence-corrected chi connectivity index (χ2v) is 3.86. The van der Waals surface area contributed by atoms with Crippen LogP contribution < -0.4 is 15.2 Å². The van der Waals surface area contributed by atoms with Gasteiger partial charge in [-0.2, -0.15) is 13.2 Å². The minimum Gasteiger partial charge on any atom is -0.489 e. The fraction of sp³-hybridized carbons (Fsp3) is 0.364. The van der Waals surface area contributed by atoms with E-state index in [-0.39, 0.29) is 0 Å². The molecule has 10 heteroatoms. The molecule has 1 unspecified atom stereocenters. The van der Waals surface area contributed by atoms with Crippen LogP contribution in [-0.4, -0.2) is 25.0 Å². The average Bonchev–Trinajstić information content (AvgIpc) is 2.27. The molecule has 3 N–H and O–H groups in total. The van der Waals surface area contributed by atoms with Crippen molar-refractivity contribution in [2.75, 3.05) is 6.61 Å². The van der Waals surface area contributed by atoms with Gasteiger partial charge in [-0.3, -0.25) is 5.41 Å². The first kappa shape index (κ1) is 16.9. The van der Waals surface area contributed by atoms with Gasteiger partial charge in [0.1, 0.15) is 18.4 Å². The number of para-hydroxylation sites is 2. The topological polar surface area (TPSA) is 68.3 Å². The highest BCUT2D eigenvalue weighted by molar-refractivity contribution is 5.80. The van der Waals surface area contributed by atoms with Crippen LogP contribution in [0.2, 0.25) is 0 Å². The van der Waals surface area contributed by atoms with E-state index in [0.717, 1.165) is 12.1 Å². The van der Waals surface area contributed by atoms with Gasteiger partial charge in [0.2, 0.25) is 0 Å². The summed E-state index contributed by atoms with van der Waals surface area (Å²) >= 11 is 0. The van der Waals surface area contributed by atoms with Crippen LogP contribution in [0.1, 0.15) is 0 Å². The minimum absolute atomic E-state index is 0.537. The first-order chi connectivity index (χ1) is 9.50. The maximum absolute atomic E-state index is 12.5. The van der Waals surface area contributed by atoms with Crippen molar-refractivity contribution < 1.29 is 35.8 Å². The maximum atomic E-state index is 12.5. The number of alkyl halides is 6. The zero-order valence-electron chi connectivity index (χ0n) is 10.3. The highest BCUT2D eigenvalue weighted by Crippen LogP contribution is 2.33. The molecular formula is C11H10F6N2O2. The van der Waals surface area contributed by atoms with Crippen LogP contribution in [0.5, 0.6) is 11.5 Å². The maximum Gasteiger partial charge on any atom is 0.573 e. The summed E-state index contributed by atoms with van der Waals surface area (Å²) in [6.45, 7) is -1.13. The molecule has 0 aliphatic carbocycles. The lowest BCUT2D eigenvalue weighted by Gasteiger charge is -2.20. The highest BCUT2D eigenvalue weighted by Gasteiger charge is 2.42. The van der Waals surface area contributed by atoms with Crippen LogP contribution in [0, 0.1) is 11.3 Å². The summed E-state index contributed by atoms with van der Waals surface area (Å²) in [7, 11) is 0. The third-order valence-electron chi connectivity index (χ3n) is 2.25. The van der Waals surface area contributed by atoms with Crippen molar-refractivity contribution in [3.63, 3.8) is 0 Å². The first-order valence-electron chi connectivity index (χ1n) is 5.39. The molecule has 0 saturated heterocycles. The summed E-state index contributed by atoms with van der Waals surface area (Å²) in [6.07, 6.45) is -9.85. The molecule has 0 aromatic heterocycles. The average molecular weight is 316 g/mol. The summed E-state index contributed by atoms with van der Waals surface area (Å²) in [5.74, 6) is -4.94. The lowest BCUT2D eigenvalue weighted by molar-refractivity contribution is -0.275. The quantitative estimate of drug-likeness (QED) is 0.498. The Balaban J connectivity index is 2.86. The number of rotatable bonds is 5. The number of ether oxygens (including phenoxy) is 2. The first-order valence-corrected chi connectivity index (χ1v) is 5.39. The molecule has 0 saturated carbocycles. The monoisotopic (exact) mass is 316 g/mol. The lowest BCUT2D eigenvalue weighted by atomic mass is 10.1. The van der Waals surface area contributed by atoms with E-state index in [0.29, 0.717) is 0 Å². The minimum atomic E-state index is -5.01. The fourth-order valence-electron chi connectivity index (χ4n) is 1.31. The fourth-order valence-corrected chi connectivity index (χ4v) is 1.31. The van der Waals surface area contributed by atoms with Gasteiger partial charge in [-0.05, 0) is 12.1 Å². The summed E-state index contributed by atoms with van der Waals surface area (Å²) in [5.41, 5.74) is 4.80. The molecule has 0 heterocycles. The zero-order valence-corrected chi connectivity index (χ0v) is 10.3. The van der Waals surface area contributed by atoms with E-state index in [4.69, 9.17) is 11.1 Å². The van der Waals surface area contributed by atoms with Crippen LogP contribution in [0.3, 0.4) is 0 Å². The molecule has 1 aromatic carbocycles. The molecule has 4 nitrogen and oxygen atoms in total. The van der Waals surface area contributed by atoms with Crippen molar-refractivity contribution >= 4 is 5.84 Å². The second kappa shape index (κ2) is 6.10. The van der Waals surface area contributed by atoms with Gasteiger partial charge in [-0.1, -0.05) is 12.1 Å². The van der Waals surface area contributed by atoms with Crippen molar-refractivity contribution in [1.82, 2.24) is 0 Å². The molecule has 1 rings (SSSR count). The molecule has 0 aliphatic rings. The van der Waals surface area contributed by atoms with Gasteiger partial charge in [-0.15, -0.1) is 13.2 Å². The molecule has 118 valence electrons. The Morgan fingerprint density at radius 2 is 1.62 bits per heavy atom. The predicted molar refractivity (Wildman–Crippen MR) is 60.1 cm³/mol. The van der Waals surface area contributed by atoms with Gasteiger partial charge in [0.25, 0.3) is 0 Å². The summed E-state index contributed by atoms with van der Waals surface area (Å²) < 4.78 is 82.3. The number of nitrogens with one attached hydrogen (secondary N) is 1. The Bertz CT molecular complexity index is 500. The number of halogens is 6. The summed E-state index contributed by atoms with van der Waals surface area (Å²) in [5, 5.41) is 6.84. The van der Waals surface area contributed by atoms with E-state index in [1.807, 2.05) is 0 Å². The number of amidine groups is 1. The number of hydrogen-bond donors (Lipinski definition) is 2.